The van der Waals surface area contributed by atoms with Gasteiger partial charge in [0.25, 0.3) is 5.91 Å². The number of nitrogens with one attached hydrogen (secondary N) is 1. The summed E-state index contributed by atoms with van der Waals surface area (Å²) in [5.74, 6) is 0.0150. The van der Waals surface area contributed by atoms with Crippen LogP contribution in [0.3, 0.4) is 0 Å². The van der Waals surface area contributed by atoms with Crippen molar-refractivity contribution in [3.63, 3.8) is 0 Å². The first-order valence-electron chi connectivity index (χ1n) is 4.53. The number of rotatable bonds is 2. The van der Waals surface area contributed by atoms with E-state index in [0.717, 1.165) is 5.69 Å². The van der Waals surface area contributed by atoms with Gasteiger partial charge in [-0.15, -0.1) is 0 Å². The van der Waals surface area contributed by atoms with Crippen LogP contribution in [0, 0.1) is 6.92 Å². The second-order valence-electron chi connectivity index (χ2n) is 3.12. The molecule has 2 heterocycles. The molecule has 0 saturated heterocycles. The van der Waals surface area contributed by atoms with Crippen LogP contribution in [0.5, 0.6) is 0 Å². The third kappa shape index (κ3) is 2.22. The molecule has 0 bridgehead atoms. The summed E-state index contributed by atoms with van der Waals surface area (Å²) >= 11 is 0. The molecule has 2 rings (SSSR count). The van der Waals surface area contributed by atoms with E-state index in [1.54, 1.807) is 24.4 Å². The molecular formula is C11H10N2O2. The first-order chi connectivity index (χ1) is 7.25. The molecule has 1 N–H and O–H groups in total. The van der Waals surface area contributed by atoms with Gasteiger partial charge < -0.3 is 9.73 Å². The lowest BCUT2D eigenvalue weighted by Gasteiger charge is -2.02. The van der Waals surface area contributed by atoms with Crippen LogP contribution in [0.2, 0.25) is 0 Å². The van der Waals surface area contributed by atoms with Crippen molar-refractivity contribution in [2.45, 2.75) is 6.92 Å². The van der Waals surface area contributed by atoms with Crippen LogP contribution in [0.25, 0.3) is 0 Å². The van der Waals surface area contributed by atoms with Gasteiger partial charge in [-0.05, 0) is 31.2 Å². The highest BCUT2D eigenvalue weighted by Crippen LogP contribution is 2.08. The molecule has 2 aromatic rings. The Labute approximate surface area is 86.9 Å². The molecule has 0 unspecified atom stereocenters. The first kappa shape index (κ1) is 9.45. The van der Waals surface area contributed by atoms with E-state index in [4.69, 9.17) is 4.42 Å². The molecule has 0 fully saturated rings. The number of carbonyl (C=O) groups excluding carboxylic acids is 1. The fourth-order valence-electron chi connectivity index (χ4n) is 1.14. The molecule has 4 heteroatoms. The molecular weight excluding hydrogens is 192 g/mol. The quantitative estimate of drug-likeness (QED) is 0.812. The van der Waals surface area contributed by atoms with Crippen molar-refractivity contribution in [2.24, 2.45) is 0 Å². The molecule has 0 aliphatic heterocycles. The van der Waals surface area contributed by atoms with Gasteiger partial charge in [0.2, 0.25) is 0 Å². The van der Waals surface area contributed by atoms with Crippen molar-refractivity contribution in [3.05, 3.63) is 48.2 Å². The van der Waals surface area contributed by atoms with Crippen LogP contribution < -0.4 is 5.32 Å². The largest absolute Gasteiger partial charge is 0.459 e. The zero-order valence-corrected chi connectivity index (χ0v) is 8.23. The van der Waals surface area contributed by atoms with Gasteiger partial charge in [0, 0.05) is 5.69 Å². The van der Waals surface area contributed by atoms with E-state index >= 15 is 0 Å². The van der Waals surface area contributed by atoms with E-state index in [9.17, 15) is 4.79 Å². The highest BCUT2D eigenvalue weighted by atomic mass is 16.3. The lowest BCUT2D eigenvalue weighted by molar-refractivity contribution is 0.0996. The van der Waals surface area contributed by atoms with E-state index < -0.39 is 0 Å². The Morgan fingerprint density at radius 3 is 2.87 bits per heavy atom. The summed E-state index contributed by atoms with van der Waals surface area (Å²) < 4.78 is 4.96. The van der Waals surface area contributed by atoms with Gasteiger partial charge in [-0.2, -0.15) is 0 Å². The number of pyridine rings is 1. The number of aryl methyl sites for hydroxylation is 1. The average Bonchev–Trinajstić information content (AvgIpc) is 2.74. The van der Waals surface area contributed by atoms with Crippen LogP contribution in [0.4, 0.5) is 5.69 Å². The average molecular weight is 202 g/mol. The third-order valence-corrected chi connectivity index (χ3v) is 1.91. The molecule has 2 aromatic heterocycles. The van der Waals surface area contributed by atoms with Crippen molar-refractivity contribution >= 4 is 11.6 Å². The van der Waals surface area contributed by atoms with Gasteiger partial charge in [0.1, 0.15) is 0 Å². The molecule has 0 aromatic carbocycles. The first-order valence-corrected chi connectivity index (χ1v) is 4.53. The fourth-order valence-corrected chi connectivity index (χ4v) is 1.14. The van der Waals surface area contributed by atoms with E-state index in [1.165, 1.54) is 6.26 Å². The van der Waals surface area contributed by atoms with E-state index in [0.29, 0.717) is 5.69 Å². The lowest BCUT2D eigenvalue weighted by atomic mass is 10.3. The van der Waals surface area contributed by atoms with Crippen molar-refractivity contribution in [1.29, 1.82) is 0 Å². The predicted octanol–water partition coefficient (Wildman–Crippen LogP) is 2.24. The summed E-state index contributed by atoms with van der Waals surface area (Å²) in [6, 6.07) is 6.90. The number of nitrogens with zero attached hydrogens (tertiary/aromatic N) is 1. The van der Waals surface area contributed by atoms with Gasteiger partial charge in [-0.25, -0.2) is 0 Å². The topological polar surface area (TPSA) is 55.1 Å². The summed E-state index contributed by atoms with van der Waals surface area (Å²) in [4.78, 5) is 15.6. The van der Waals surface area contributed by atoms with Crippen molar-refractivity contribution in [3.8, 4) is 0 Å². The maximum Gasteiger partial charge on any atom is 0.291 e. The van der Waals surface area contributed by atoms with Gasteiger partial charge in [-0.3, -0.25) is 9.78 Å². The Balaban J connectivity index is 2.09. The van der Waals surface area contributed by atoms with Crippen LogP contribution >= 0.6 is 0 Å². The molecule has 0 aliphatic carbocycles. The monoisotopic (exact) mass is 202 g/mol. The van der Waals surface area contributed by atoms with Crippen molar-refractivity contribution in [2.75, 3.05) is 5.32 Å². The highest BCUT2D eigenvalue weighted by Gasteiger charge is 2.07. The maximum atomic E-state index is 11.5. The van der Waals surface area contributed by atoms with Crippen LogP contribution in [-0.2, 0) is 0 Å². The molecule has 0 aliphatic rings. The Bertz CT molecular complexity index is 446. The molecule has 0 saturated carbocycles. The van der Waals surface area contributed by atoms with E-state index in [1.807, 2.05) is 13.0 Å². The fraction of sp³-hybridized carbons (Fsp3) is 0.0909. The number of carbonyl (C=O) groups is 1. The number of furan rings is 1. The zero-order chi connectivity index (χ0) is 10.7. The predicted molar refractivity (Wildman–Crippen MR) is 55.6 cm³/mol. The van der Waals surface area contributed by atoms with E-state index in [2.05, 4.69) is 10.3 Å². The second kappa shape index (κ2) is 3.96. The summed E-state index contributed by atoms with van der Waals surface area (Å²) in [7, 11) is 0. The Morgan fingerprint density at radius 2 is 2.27 bits per heavy atom. The number of hydrogen-bond donors (Lipinski definition) is 1. The summed E-state index contributed by atoms with van der Waals surface area (Å²) in [6.45, 7) is 1.89. The highest BCUT2D eigenvalue weighted by molar-refractivity contribution is 6.02. The third-order valence-electron chi connectivity index (χ3n) is 1.91. The number of anilines is 1. The summed E-state index contributed by atoms with van der Waals surface area (Å²) in [5, 5.41) is 2.68. The zero-order valence-electron chi connectivity index (χ0n) is 8.23. The normalized spacial score (nSPS) is 9.93. The van der Waals surface area contributed by atoms with Crippen LogP contribution in [-0.4, -0.2) is 10.9 Å². The molecule has 1 amide bonds. The molecule has 76 valence electrons. The van der Waals surface area contributed by atoms with Crippen LogP contribution in [0.15, 0.2) is 41.1 Å². The SMILES string of the molecule is Cc1ccc(NC(=O)c2ccco2)cn1. The molecule has 15 heavy (non-hydrogen) atoms. The molecule has 0 spiro atoms. The Kier molecular flexibility index (Phi) is 2.49. The van der Waals surface area contributed by atoms with Crippen molar-refractivity contribution in [1.82, 2.24) is 4.98 Å². The van der Waals surface area contributed by atoms with Gasteiger partial charge in [0.15, 0.2) is 5.76 Å². The summed E-state index contributed by atoms with van der Waals surface area (Å²) in [5.41, 5.74) is 1.56. The number of hydrogen-bond acceptors (Lipinski definition) is 3. The minimum atomic E-state index is -0.273. The van der Waals surface area contributed by atoms with Crippen LogP contribution in [0.1, 0.15) is 16.2 Å². The Hall–Kier alpha value is -2.10. The smallest absolute Gasteiger partial charge is 0.291 e. The van der Waals surface area contributed by atoms with Crippen molar-refractivity contribution < 1.29 is 9.21 Å². The second-order valence-corrected chi connectivity index (χ2v) is 3.12. The Morgan fingerprint density at radius 1 is 1.40 bits per heavy atom. The number of amides is 1. The molecule has 0 atom stereocenters. The summed E-state index contributed by atoms with van der Waals surface area (Å²) in [6.07, 6.45) is 3.07. The van der Waals surface area contributed by atoms with E-state index in [-0.39, 0.29) is 11.7 Å². The van der Waals surface area contributed by atoms with Gasteiger partial charge >= 0.3 is 0 Å². The maximum absolute atomic E-state index is 11.5. The molecule has 0 radical (unpaired) electrons. The standard InChI is InChI=1S/C11H10N2O2/c1-8-4-5-9(7-12-8)13-11(14)10-3-2-6-15-10/h2-7H,1H3,(H,13,14). The van der Waals surface area contributed by atoms with Gasteiger partial charge in [-0.1, -0.05) is 0 Å². The minimum Gasteiger partial charge on any atom is -0.459 e. The van der Waals surface area contributed by atoms with Gasteiger partial charge in [0.05, 0.1) is 18.1 Å². The molecule has 4 nitrogen and oxygen atoms in total. The number of aromatic nitrogens is 1. The minimum absolute atomic E-state index is 0.273. The lowest BCUT2D eigenvalue weighted by Crippen LogP contribution is -2.10.